The lowest BCUT2D eigenvalue weighted by molar-refractivity contribution is -0.207. The van der Waals surface area contributed by atoms with Crippen LogP contribution in [0.25, 0.3) is 0 Å². The Morgan fingerprint density at radius 2 is 1.85 bits per heavy atom. The third-order valence-electron chi connectivity index (χ3n) is 10.1. The van der Waals surface area contributed by atoms with E-state index < -0.39 is 5.60 Å². The minimum absolute atomic E-state index is 0.0530. The molecule has 0 amide bonds. The number of carbonyl (C=O) groups is 1. The molecule has 1 N–H and O–H groups in total. The Labute approximate surface area is 158 Å². The number of Topliss-reactive ketones (excluding diaryl/α,β-unsaturated/α-hetero) is 1. The fraction of sp³-hybridized carbons (Fsp3) is 0.957. The van der Waals surface area contributed by atoms with Crippen LogP contribution in [-0.2, 0) is 9.53 Å². The number of aliphatic hydroxyl groups is 1. The molecule has 5 aliphatic rings. The van der Waals surface area contributed by atoms with Gasteiger partial charge in [-0.3, -0.25) is 4.79 Å². The van der Waals surface area contributed by atoms with Crippen LogP contribution in [-0.4, -0.2) is 29.2 Å². The highest BCUT2D eigenvalue weighted by Gasteiger charge is 2.66. The molecule has 1 spiro atoms. The number of hydrogen-bond donors (Lipinski definition) is 1. The predicted octanol–water partition coefficient (Wildman–Crippen LogP) is 4.51. The van der Waals surface area contributed by atoms with Gasteiger partial charge in [0.2, 0.25) is 0 Å². The third-order valence-corrected chi connectivity index (χ3v) is 10.1. The van der Waals surface area contributed by atoms with Crippen LogP contribution in [0.5, 0.6) is 0 Å². The molecular formula is C23H36O3. The van der Waals surface area contributed by atoms with Gasteiger partial charge in [-0.15, -0.1) is 0 Å². The largest absolute Gasteiger partial charge is 0.393 e. The van der Waals surface area contributed by atoms with E-state index in [1.54, 1.807) is 0 Å². The molecule has 3 nitrogen and oxygen atoms in total. The molecule has 5 fully saturated rings. The molecule has 1 saturated heterocycles. The van der Waals surface area contributed by atoms with Crippen LogP contribution in [0, 0.1) is 34.5 Å². The lowest BCUT2D eigenvalue weighted by Crippen LogP contribution is -2.64. The van der Waals surface area contributed by atoms with E-state index in [4.69, 9.17) is 4.74 Å². The van der Waals surface area contributed by atoms with Crippen molar-refractivity contribution in [2.75, 3.05) is 6.61 Å². The molecule has 4 saturated carbocycles. The van der Waals surface area contributed by atoms with Gasteiger partial charge in [0.05, 0.1) is 6.10 Å². The Morgan fingerprint density at radius 1 is 1.00 bits per heavy atom. The van der Waals surface area contributed by atoms with E-state index >= 15 is 0 Å². The number of fused-ring (bicyclic) bond motifs is 6. The van der Waals surface area contributed by atoms with Crippen molar-refractivity contribution in [3.63, 3.8) is 0 Å². The monoisotopic (exact) mass is 360 g/mol. The lowest BCUT2D eigenvalue weighted by Gasteiger charge is -2.65. The van der Waals surface area contributed by atoms with Crippen molar-refractivity contribution in [2.45, 2.75) is 96.2 Å². The fourth-order valence-corrected chi connectivity index (χ4v) is 8.71. The van der Waals surface area contributed by atoms with Gasteiger partial charge >= 0.3 is 0 Å². The van der Waals surface area contributed by atoms with E-state index in [2.05, 4.69) is 13.8 Å². The average Bonchev–Trinajstić information content (AvgIpc) is 3.11. The van der Waals surface area contributed by atoms with E-state index in [0.29, 0.717) is 23.0 Å². The van der Waals surface area contributed by atoms with Crippen LogP contribution in [0.3, 0.4) is 0 Å². The smallest absolute Gasteiger partial charge is 0.165 e. The third kappa shape index (κ3) is 2.11. The van der Waals surface area contributed by atoms with Gasteiger partial charge in [-0.1, -0.05) is 13.8 Å². The van der Waals surface area contributed by atoms with Crippen LogP contribution >= 0.6 is 0 Å². The van der Waals surface area contributed by atoms with E-state index in [-0.39, 0.29) is 11.5 Å². The summed E-state index contributed by atoms with van der Waals surface area (Å²) in [6, 6.07) is 0. The van der Waals surface area contributed by atoms with Gasteiger partial charge in [0.15, 0.2) is 5.78 Å². The molecule has 3 heteroatoms. The van der Waals surface area contributed by atoms with Gasteiger partial charge in [-0.2, -0.15) is 0 Å². The van der Waals surface area contributed by atoms with Crippen LogP contribution in [0.15, 0.2) is 0 Å². The van der Waals surface area contributed by atoms with E-state index in [1.165, 1.54) is 25.7 Å². The van der Waals surface area contributed by atoms with Crippen LogP contribution in [0.1, 0.15) is 84.5 Å². The van der Waals surface area contributed by atoms with Gasteiger partial charge < -0.3 is 9.84 Å². The minimum atomic E-state index is -0.457. The Hall–Kier alpha value is -0.410. The minimum Gasteiger partial charge on any atom is -0.393 e. The molecule has 26 heavy (non-hydrogen) atoms. The highest BCUT2D eigenvalue weighted by atomic mass is 16.5. The number of hydrogen-bond acceptors (Lipinski definition) is 3. The molecule has 0 aromatic rings. The zero-order chi connectivity index (χ0) is 18.2. The van der Waals surface area contributed by atoms with Gasteiger partial charge in [0.1, 0.15) is 5.60 Å². The molecular weight excluding hydrogens is 324 g/mol. The maximum absolute atomic E-state index is 13.0. The second-order valence-corrected chi connectivity index (χ2v) is 10.8. The fourth-order valence-electron chi connectivity index (χ4n) is 8.71. The summed E-state index contributed by atoms with van der Waals surface area (Å²) in [5.41, 5.74) is 0.00735. The van der Waals surface area contributed by atoms with Gasteiger partial charge in [0.25, 0.3) is 0 Å². The summed E-state index contributed by atoms with van der Waals surface area (Å²) in [5, 5.41) is 10.2. The molecule has 146 valence electrons. The van der Waals surface area contributed by atoms with Gasteiger partial charge in [-0.25, -0.2) is 0 Å². The summed E-state index contributed by atoms with van der Waals surface area (Å²) >= 11 is 0. The summed E-state index contributed by atoms with van der Waals surface area (Å²) < 4.78 is 6.31. The van der Waals surface area contributed by atoms with Crippen LogP contribution in [0.2, 0.25) is 0 Å². The Balaban J connectivity index is 1.48. The summed E-state index contributed by atoms with van der Waals surface area (Å²) in [5.74, 6) is 3.33. The first-order valence-corrected chi connectivity index (χ1v) is 11.3. The van der Waals surface area contributed by atoms with Crippen LogP contribution < -0.4 is 0 Å². The van der Waals surface area contributed by atoms with Crippen molar-refractivity contribution in [3.8, 4) is 0 Å². The summed E-state index contributed by atoms with van der Waals surface area (Å²) in [6.07, 6.45) is 12.0. The van der Waals surface area contributed by atoms with Crippen molar-refractivity contribution < 1.29 is 14.6 Å². The standard InChI is InChI=1S/C23H36O3/c1-21-11-8-16(24)14-15(21)4-5-17-18(21)9-12-22(2)19(17)6-7-20(25)23(22)10-3-13-26-23/h15-19,24H,3-14H2,1-2H3/t15-,16-,17+,18-,19-,21-,22-,23-/m0/s1. The van der Waals surface area contributed by atoms with Crippen molar-refractivity contribution in [1.82, 2.24) is 0 Å². The van der Waals surface area contributed by atoms with E-state index in [1.807, 2.05) is 0 Å². The summed E-state index contributed by atoms with van der Waals surface area (Å²) in [4.78, 5) is 13.0. The first-order chi connectivity index (χ1) is 12.4. The first-order valence-electron chi connectivity index (χ1n) is 11.3. The zero-order valence-corrected chi connectivity index (χ0v) is 16.6. The Bertz CT molecular complexity index is 594. The maximum Gasteiger partial charge on any atom is 0.165 e. The maximum atomic E-state index is 13.0. The SMILES string of the molecule is C[C@]12CC[C@H](O)C[C@@H]1CC[C@@H]1[C@@H]2CC[C@@]2(C)[C@H]1CCC(=O)[C@@]21CCCO1. The number of rotatable bonds is 0. The molecule has 0 bridgehead atoms. The van der Waals surface area contributed by atoms with Crippen molar-refractivity contribution >= 4 is 5.78 Å². The Morgan fingerprint density at radius 3 is 2.62 bits per heavy atom. The number of ketones is 1. The number of ether oxygens (including phenoxy) is 1. The summed E-state index contributed by atoms with van der Waals surface area (Å²) in [7, 11) is 0. The number of carbonyl (C=O) groups excluding carboxylic acids is 1. The first kappa shape index (κ1) is 17.7. The van der Waals surface area contributed by atoms with Gasteiger partial charge in [0, 0.05) is 18.4 Å². The van der Waals surface area contributed by atoms with Gasteiger partial charge in [-0.05, 0) is 93.3 Å². The molecule has 8 atom stereocenters. The quantitative estimate of drug-likeness (QED) is 0.691. The van der Waals surface area contributed by atoms with E-state index in [9.17, 15) is 9.90 Å². The zero-order valence-electron chi connectivity index (χ0n) is 16.6. The molecule has 1 heterocycles. The molecule has 5 rings (SSSR count). The highest BCUT2D eigenvalue weighted by Crippen LogP contribution is 2.68. The number of aliphatic hydroxyl groups excluding tert-OH is 1. The highest BCUT2D eigenvalue weighted by molar-refractivity contribution is 5.89. The molecule has 0 radical (unpaired) electrons. The van der Waals surface area contributed by atoms with Crippen molar-refractivity contribution in [1.29, 1.82) is 0 Å². The van der Waals surface area contributed by atoms with Crippen LogP contribution in [0.4, 0.5) is 0 Å². The second kappa shape index (κ2) is 5.80. The molecule has 1 aliphatic heterocycles. The Kier molecular flexibility index (Phi) is 3.94. The topological polar surface area (TPSA) is 46.5 Å². The van der Waals surface area contributed by atoms with Crippen molar-refractivity contribution in [2.24, 2.45) is 34.5 Å². The predicted molar refractivity (Wildman–Crippen MR) is 101 cm³/mol. The molecule has 4 aliphatic carbocycles. The molecule has 0 aromatic heterocycles. The average molecular weight is 361 g/mol. The molecule has 0 unspecified atom stereocenters. The van der Waals surface area contributed by atoms with E-state index in [0.717, 1.165) is 63.4 Å². The summed E-state index contributed by atoms with van der Waals surface area (Å²) in [6.45, 7) is 5.73. The molecule has 0 aromatic carbocycles. The second-order valence-electron chi connectivity index (χ2n) is 10.8. The van der Waals surface area contributed by atoms with Crippen molar-refractivity contribution in [3.05, 3.63) is 0 Å². The normalized spacial score (nSPS) is 56.7. The lowest BCUT2D eigenvalue weighted by atomic mass is 9.40.